The van der Waals surface area contributed by atoms with Crippen LogP contribution in [0.1, 0.15) is 60.8 Å². The van der Waals surface area contributed by atoms with E-state index in [2.05, 4.69) is 10.5 Å². The summed E-state index contributed by atoms with van der Waals surface area (Å²) in [5.41, 5.74) is 0.979. The molecule has 0 aliphatic heterocycles. The molecular formula is C14H20N2O4. The quantitative estimate of drug-likeness (QED) is 0.881. The number of aryl methyl sites for hydroxylation is 1. The molecule has 2 N–H and O–H groups in total. The molecule has 6 heteroatoms. The molecule has 6 nitrogen and oxygen atoms in total. The minimum atomic E-state index is -0.848. The topological polar surface area (TPSA) is 92.4 Å². The molecular weight excluding hydrogens is 260 g/mol. The van der Waals surface area contributed by atoms with Crippen molar-refractivity contribution in [2.24, 2.45) is 5.92 Å². The molecule has 0 saturated heterocycles. The van der Waals surface area contributed by atoms with Crippen LogP contribution in [-0.4, -0.2) is 28.2 Å². The lowest BCUT2D eigenvalue weighted by molar-refractivity contribution is -0.142. The first-order valence-electron chi connectivity index (χ1n) is 6.91. The maximum Gasteiger partial charge on any atom is 0.308 e. The third kappa shape index (κ3) is 2.69. The zero-order valence-corrected chi connectivity index (χ0v) is 12.0. The van der Waals surface area contributed by atoms with Gasteiger partial charge in [-0.3, -0.25) is 9.59 Å². The maximum atomic E-state index is 12.4. The van der Waals surface area contributed by atoms with Crippen LogP contribution in [0.5, 0.6) is 0 Å². The lowest BCUT2D eigenvalue weighted by Crippen LogP contribution is -2.40. The van der Waals surface area contributed by atoms with E-state index in [1.807, 2.05) is 13.8 Å². The van der Waals surface area contributed by atoms with Crippen LogP contribution in [0.3, 0.4) is 0 Å². The zero-order valence-electron chi connectivity index (χ0n) is 12.0. The number of carboxylic acids is 1. The number of nitrogens with zero attached hydrogens (tertiary/aromatic N) is 1. The lowest BCUT2D eigenvalue weighted by Gasteiger charge is -2.17. The predicted octanol–water partition coefficient (Wildman–Crippen LogP) is 2.09. The Kier molecular flexibility index (Phi) is 4.11. The summed E-state index contributed by atoms with van der Waals surface area (Å²) < 4.78 is 5.19. The van der Waals surface area contributed by atoms with Gasteiger partial charge in [-0.2, -0.15) is 0 Å². The molecule has 0 radical (unpaired) electrons. The summed E-state index contributed by atoms with van der Waals surface area (Å²) >= 11 is 0. The van der Waals surface area contributed by atoms with Gasteiger partial charge < -0.3 is 14.9 Å². The summed E-state index contributed by atoms with van der Waals surface area (Å²) in [5, 5.41) is 15.8. The van der Waals surface area contributed by atoms with Gasteiger partial charge in [-0.1, -0.05) is 25.4 Å². The maximum absolute atomic E-state index is 12.4. The Hall–Kier alpha value is -1.85. The van der Waals surface area contributed by atoms with Gasteiger partial charge in [0.05, 0.1) is 11.6 Å². The van der Waals surface area contributed by atoms with E-state index in [-0.39, 0.29) is 17.9 Å². The monoisotopic (exact) mass is 280 g/mol. The third-order valence-electron chi connectivity index (χ3n) is 3.79. The highest BCUT2D eigenvalue weighted by Crippen LogP contribution is 2.27. The number of aromatic nitrogens is 1. The summed E-state index contributed by atoms with van der Waals surface area (Å²) in [4.78, 5) is 23.5. The van der Waals surface area contributed by atoms with Gasteiger partial charge in [0.15, 0.2) is 5.76 Å². The molecule has 110 valence electrons. The van der Waals surface area contributed by atoms with Crippen LogP contribution in [0, 0.1) is 12.8 Å². The van der Waals surface area contributed by atoms with E-state index < -0.39 is 11.9 Å². The molecule has 20 heavy (non-hydrogen) atoms. The van der Waals surface area contributed by atoms with Gasteiger partial charge in [0.25, 0.3) is 5.91 Å². The van der Waals surface area contributed by atoms with Crippen molar-refractivity contribution in [3.8, 4) is 0 Å². The van der Waals surface area contributed by atoms with E-state index >= 15 is 0 Å². The average molecular weight is 280 g/mol. The van der Waals surface area contributed by atoms with E-state index in [1.54, 1.807) is 6.92 Å². The molecule has 0 spiro atoms. The summed E-state index contributed by atoms with van der Waals surface area (Å²) in [6.07, 6.45) is 2.13. The van der Waals surface area contributed by atoms with Gasteiger partial charge in [-0.15, -0.1) is 0 Å². The van der Waals surface area contributed by atoms with E-state index in [4.69, 9.17) is 9.63 Å². The average Bonchev–Trinajstić information content (AvgIpc) is 2.95. The fourth-order valence-electron chi connectivity index (χ4n) is 2.73. The van der Waals surface area contributed by atoms with E-state index in [0.717, 1.165) is 6.42 Å². The van der Waals surface area contributed by atoms with E-state index in [9.17, 15) is 9.59 Å². The van der Waals surface area contributed by atoms with Crippen molar-refractivity contribution in [3.63, 3.8) is 0 Å². The highest BCUT2D eigenvalue weighted by molar-refractivity contribution is 5.96. The molecule has 1 aromatic rings. The van der Waals surface area contributed by atoms with Crippen LogP contribution in [0.15, 0.2) is 4.52 Å². The molecule has 1 fully saturated rings. The van der Waals surface area contributed by atoms with Crippen LogP contribution >= 0.6 is 0 Å². The normalized spacial score (nSPS) is 22.2. The Morgan fingerprint density at radius 1 is 1.40 bits per heavy atom. The molecule has 2 atom stereocenters. The van der Waals surface area contributed by atoms with Crippen LogP contribution in [0.25, 0.3) is 0 Å². The van der Waals surface area contributed by atoms with Gasteiger partial charge in [-0.25, -0.2) is 0 Å². The van der Waals surface area contributed by atoms with Gasteiger partial charge in [0, 0.05) is 12.0 Å². The third-order valence-corrected chi connectivity index (χ3v) is 3.79. The second kappa shape index (κ2) is 5.64. The van der Waals surface area contributed by atoms with Gasteiger partial charge >= 0.3 is 5.97 Å². The van der Waals surface area contributed by atoms with Crippen molar-refractivity contribution in [3.05, 3.63) is 17.0 Å². The summed E-state index contributed by atoms with van der Waals surface area (Å²) in [7, 11) is 0. The number of hydrogen-bond donors (Lipinski definition) is 2. The Bertz CT molecular complexity index is 521. The Balaban J connectivity index is 2.16. The first-order chi connectivity index (χ1) is 9.41. The Labute approximate surface area is 117 Å². The number of carbonyl (C=O) groups excluding carboxylic acids is 1. The van der Waals surface area contributed by atoms with Crippen LogP contribution in [-0.2, 0) is 4.79 Å². The first kappa shape index (κ1) is 14.6. The van der Waals surface area contributed by atoms with E-state index in [1.165, 1.54) is 0 Å². The number of carbonyl (C=O) groups is 2. The van der Waals surface area contributed by atoms with Crippen LogP contribution < -0.4 is 5.32 Å². The molecule has 1 heterocycles. The highest BCUT2D eigenvalue weighted by Gasteiger charge is 2.35. The molecule has 1 aliphatic carbocycles. The van der Waals surface area contributed by atoms with Crippen molar-refractivity contribution in [2.45, 2.75) is 52.0 Å². The molecule has 0 aromatic carbocycles. The van der Waals surface area contributed by atoms with Crippen molar-refractivity contribution in [1.82, 2.24) is 10.5 Å². The van der Waals surface area contributed by atoms with Crippen molar-refractivity contribution < 1.29 is 19.2 Å². The molecule has 2 rings (SSSR count). The van der Waals surface area contributed by atoms with Crippen molar-refractivity contribution in [1.29, 1.82) is 0 Å². The first-order valence-corrected chi connectivity index (χ1v) is 6.91. The smallest absolute Gasteiger partial charge is 0.308 e. The predicted molar refractivity (Wildman–Crippen MR) is 71.6 cm³/mol. The molecule has 1 aliphatic rings. The second-order valence-corrected chi connectivity index (χ2v) is 5.62. The minimum absolute atomic E-state index is 0.0517. The zero-order chi connectivity index (χ0) is 14.9. The summed E-state index contributed by atoms with van der Waals surface area (Å²) in [6, 6.07) is -0.311. The highest BCUT2D eigenvalue weighted by atomic mass is 16.5. The summed E-state index contributed by atoms with van der Waals surface area (Å²) in [5.74, 6) is -1.04. The summed E-state index contributed by atoms with van der Waals surface area (Å²) in [6.45, 7) is 5.56. The number of amides is 1. The van der Waals surface area contributed by atoms with Crippen molar-refractivity contribution in [2.75, 3.05) is 0 Å². The second-order valence-electron chi connectivity index (χ2n) is 5.62. The largest absolute Gasteiger partial charge is 0.481 e. The minimum Gasteiger partial charge on any atom is -0.481 e. The molecule has 2 unspecified atom stereocenters. The van der Waals surface area contributed by atoms with E-state index in [0.29, 0.717) is 29.9 Å². The van der Waals surface area contributed by atoms with Crippen molar-refractivity contribution >= 4 is 11.9 Å². The number of nitrogens with one attached hydrogen (secondary N) is 1. The molecule has 1 amide bonds. The number of rotatable bonds is 4. The molecule has 1 saturated carbocycles. The van der Waals surface area contributed by atoms with Gasteiger partial charge in [-0.05, 0) is 19.8 Å². The lowest BCUT2D eigenvalue weighted by atomic mass is 10.0. The Morgan fingerprint density at radius 2 is 2.10 bits per heavy atom. The molecule has 1 aromatic heterocycles. The Morgan fingerprint density at radius 3 is 2.70 bits per heavy atom. The number of aliphatic carboxylic acids is 1. The van der Waals surface area contributed by atoms with Gasteiger partial charge in [0.1, 0.15) is 5.56 Å². The SMILES string of the molecule is Cc1noc(C(C)C)c1C(=O)NC1CCCC1C(=O)O. The van der Waals surface area contributed by atoms with Crippen LogP contribution in [0.4, 0.5) is 0 Å². The van der Waals surface area contributed by atoms with Crippen LogP contribution in [0.2, 0.25) is 0 Å². The molecule has 0 bridgehead atoms. The number of hydrogen-bond acceptors (Lipinski definition) is 4. The number of carboxylic acid groups (broad SMARTS) is 1. The standard InChI is InChI=1S/C14H20N2O4/c1-7(2)12-11(8(3)16-20-12)13(17)15-10-6-4-5-9(10)14(18)19/h7,9-10H,4-6H2,1-3H3,(H,15,17)(H,18,19). The fraction of sp³-hybridized carbons (Fsp3) is 0.643. The fourth-order valence-corrected chi connectivity index (χ4v) is 2.73. The van der Waals surface area contributed by atoms with Gasteiger partial charge in [0.2, 0.25) is 0 Å².